The molecular formula is C16H21NO4. The predicted molar refractivity (Wildman–Crippen MR) is 78.6 cm³/mol. The summed E-state index contributed by atoms with van der Waals surface area (Å²) in [6.07, 6.45) is 0.289. The normalized spacial score (nSPS) is 19.6. The monoisotopic (exact) mass is 291 g/mol. The number of carboxylic acid groups (broad SMARTS) is 1. The Bertz CT molecular complexity index is 580. The molecule has 2 atom stereocenters. The second-order valence-corrected chi connectivity index (χ2v) is 5.80. The Morgan fingerprint density at radius 2 is 1.81 bits per heavy atom. The average molecular weight is 291 g/mol. The van der Waals surface area contributed by atoms with Crippen molar-refractivity contribution in [2.24, 2.45) is 5.92 Å². The summed E-state index contributed by atoms with van der Waals surface area (Å²) in [4.78, 5) is 25.8. The van der Waals surface area contributed by atoms with Crippen LogP contribution in [0.5, 0.6) is 0 Å². The Kier molecular flexibility index (Phi) is 4.32. The van der Waals surface area contributed by atoms with E-state index in [2.05, 4.69) is 0 Å². The summed E-state index contributed by atoms with van der Waals surface area (Å²) in [5.41, 5.74) is 1.61. The van der Waals surface area contributed by atoms with Crippen LogP contribution in [0.1, 0.15) is 45.2 Å². The van der Waals surface area contributed by atoms with Crippen molar-refractivity contribution in [2.45, 2.75) is 33.3 Å². The van der Waals surface area contributed by atoms with Crippen molar-refractivity contribution in [1.82, 2.24) is 4.90 Å². The van der Waals surface area contributed by atoms with Gasteiger partial charge in [-0.3, -0.25) is 4.79 Å². The molecule has 1 heterocycles. The first kappa shape index (κ1) is 15.5. The van der Waals surface area contributed by atoms with Crippen molar-refractivity contribution >= 4 is 11.9 Å². The number of amides is 1. The van der Waals surface area contributed by atoms with Crippen molar-refractivity contribution < 1.29 is 19.8 Å². The van der Waals surface area contributed by atoms with Gasteiger partial charge >= 0.3 is 5.97 Å². The number of aliphatic hydroxyl groups excluding tert-OH is 1. The molecule has 0 aromatic heterocycles. The van der Waals surface area contributed by atoms with Gasteiger partial charge in [0.2, 0.25) is 0 Å². The fourth-order valence-corrected chi connectivity index (χ4v) is 2.89. The van der Waals surface area contributed by atoms with Crippen molar-refractivity contribution in [3.8, 4) is 0 Å². The zero-order valence-electron chi connectivity index (χ0n) is 12.6. The van der Waals surface area contributed by atoms with E-state index in [9.17, 15) is 19.8 Å². The molecule has 2 unspecified atom stereocenters. The number of aromatic carboxylic acids is 1. The van der Waals surface area contributed by atoms with Crippen LogP contribution < -0.4 is 0 Å². The number of hydrogen-bond donors (Lipinski definition) is 2. The van der Waals surface area contributed by atoms with Gasteiger partial charge in [0.25, 0.3) is 5.91 Å². The molecule has 114 valence electrons. The van der Waals surface area contributed by atoms with Crippen LogP contribution in [0.25, 0.3) is 0 Å². The molecule has 2 rings (SSSR count). The van der Waals surface area contributed by atoms with Crippen LogP contribution in [-0.4, -0.2) is 46.2 Å². The number of likely N-dealkylation sites (tertiary alicyclic amines) is 1. The fraction of sp³-hybridized carbons (Fsp3) is 0.500. The van der Waals surface area contributed by atoms with Crippen LogP contribution in [0, 0.1) is 19.8 Å². The number of aliphatic hydroxyl groups is 1. The van der Waals surface area contributed by atoms with Crippen LogP contribution in [0.15, 0.2) is 12.1 Å². The quantitative estimate of drug-likeness (QED) is 0.891. The first-order valence-corrected chi connectivity index (χ1v) is 7.13. The van der Waals surface area contributed by atoms with E-state index in [0.717, 1.165) is 6.42 Å². The zero-order valence-corrected chi connectivity index (χ0v) is 12.6. The zero-order chi connectivity index (χ0) is 15.7. The molecular weight excluding hydrogens is 270 g/mol. The molecule has 1 aromatic carbocycles. The van der Waals surface area contributed by atoms with Gasteiger partial charge in [0.15, 0.2) is 0 Å². The van der Waals surface area contributed by atoms with Gasteiger partial charge in [0.1, 0.15) is 0 Å². The van der Waals surface area contributed by atoms with Crippen molar-refractivity contribution in [2.75, 3.05) is 13.1 Å². The summed E-state index contributed by atoms with van der Waals surface area (Å²) < 4.78 is 0. The average Bonchev–Trinajstić information content (AvgIpc) is 2.89. The molecule has 1 aromatic rings. The molecule has 0 saturated carbocycles. The van der Waals surface area contributed by atoms with Gasteiger partial charge in [-0.2, -0.15) is 0 Å². The second-order valence-electron chi connectivity index (χ2n) is 5.80. The van der Waals surface area contributed by atoms with E-state index in [1.54, 1.807) is 37.8 Å². The second kappa shape index (κ2) is 5.85. The van der Waals surface area contributed by atoms with Crippen LogP contribution in [0.4, 0.5) is 0 Å². The van der Waals surface area contributed by atoms with E-state index in [1.165, 1.54) is 0 Å². The van der Waals surface area contributed by atoms with E-state index in [0.29, 0.717) is 24.2 Å². The molecule has 1 saturated heterocycles. The molecule has 0 radical (unpaired) electrons. The largest absolute Gasteiger partial charge is 0.478 e. The summed E-state index contributed by atoms with van der Waals surface area (Å²) in [6.45, 7) is 6.20. The Labute approximate surface area is 124 Å². The summed E-state index contributed by atoms with van der Waals surface area (Å²) >= 11 is 0. The molecule has 1 aliphatic heterocycles. The number of nitrogens with zero attached hydrogens (tertiary/aromatic N) is 1. The first-order valence-electron chi connectivity index (χ1n) is 7.13. The minimum absolute atomic E-state index is 0.0624. The molecule has 0 bridgehead atoms. The lowest BCUT2D eigenvalue weighted by Crippen LogP contribution is -2.32. The lowest BCUT2D eigenvalue weighted by molar-refractivity contribution is 0.0675. The molecule has 21 heavy (non-hydrogen) atoms. The molecule has 5 nitrogen and oxygen atoms in total. The first-order chi connectivity index (χ1) is 9.82. The van der Waals surface area contributed by atoms with Crippen molar-refractivity contribution in [3.05, 3.63) is 34.4 Å². The maximum atomic E-state index is 12.7. The lowest BCUT2D eigenvalue weighted by Gasteiger charge is -2.20. The third kappa shape index (κ3) is 2.93. The molecule has 1 amide bonds. The third-order valence-corrected chi connectivity index (χ3v) is 4.24. The number of hydrogen-bond acceptors (Lipinski definition) is 3. The fourth-order valence-electron chi connectivity index (χ4n) is 2.89. The van der Waals surface area contributed by atoms with Gasteiger partial charge in [-0.1, -0.05) is 12.1 Å². The number of carbonyl (C=O) groups excluding carboxylic acids is 1. The summed E-state index contributed by atoms with van der Waals surface area (Å²) in [5, 5.41) is 19.0. The highest BCUT2D eigenvalue weighted by Crippen LogP contribution is 2.25. The van der Waals surface area contributed by atoms with E-state index in [1.807, 2.05) is 0 Å². The number of benzene rings is 1. The highest BCUT2D eigenvalue weighted by atomic mass is 16.4. The van der Waals surface area contributed by atoms with E-state index < -0.39 is 12.1 Å². The van der Waals surface area contributed by atoms with Crippen molar-refractivity contribution in [1.29, 1.82) is 0 Å². The minimum Gasteiger partial charge on any atom is -0.478 e. The molecule has 1 aliphatic rings. The van der Waals surface area contributed by atoms with Crippen LogP contribution in [0.2, 0.25) is 0 Å². The van der Waals surface area contributed by atoms with Crippen molar-refractivity contribution in [3.63, 3.8) is 0 Å². The van der Waals surface area contributed by atoms with Gasteiger partial charge in [0, 0.05) is 19.0 Å². The van der Waals surface area contributed by atoms with Crippen LogP contribution >= 0.6 is 0 Å². The third-order valence-electron chi connectivity index (χ3n) is 4.24. The molecule has 0 spiro atoms. The van der Waals surface area contributed by atoms with Crippen LogP contribution in [-0.2, 0) is 0 Å². The topological polar surface area (TPSA) is 77.8 Å². The Balaban J connectivity index is 2.36. The van der Waals surface area contributed by atoms with Gasteiger partial charge in [0.05, 0.1) is 17.2 Å². The minimum atomic E-state index is -1.08. The van der Waals surface area contributed by atoms with Crippen LogP contribution in [0.3, 0.4) is 0 Å². The Hall–Kier alpha value is -1.88. The number of rotatable bonds is 3. The molecule has 1 fully saturated rings. The number of carbonyl (C=O) groups is 2. The van der Waals surface area contributed by atoms with Gasteiger partial charge in [-0.05, 0) is 38.3 Å². The molecule has 2 N–H and O–H groups in total. The SMILES string of the molecule is Cc1ccc(C)c(C(=O)N2CCC(C(C)O)C2)c1C(=O)O. The number of aryl methyl sites for hydroxylation is 2. The Morgan fingerprint density at radius 3 is 2.29 bits per heavy atom. The standard InChI is InChI=1S/C16H21NO4/c1-9-4-5-10(2)14(16(20)21)13(9)15(19)17-7-6-12(8-17)11(3)18/h4-5,11-12,18H,6-8H2,1-3H3,(H,20,21). The number of carboxylic acids is 1. The van der Waals surface area contributed by atoms with E-state index >= 15 is 0 Å². The van der Waals surface area contributed by atoms with E-state index in [-0.39, 0.29) is 23.0 Å². The predicted octanol–water partition coefficient (Wildman–Crippen LogP) is 1.84. The smallest absolute Gasteiger partial charge is 0.336 e. The maximum absolute atomic E-state index is 12.7. The highest BCUT2D eigenvalue weighted by Gasteiger charge is 2.32. The van der Waals surface area contributed by atoms with Gasteiger partial charge in [-0.15, -0.1) is 0 Å². The van der Waals surface area contributed by atoms with E-state index in [4.69, 9.17) is 0 Å². The Morgan fingerprint density at radius 1 is 1.24 bits per heavy atom. The summed E-state index contributed by atoms with van der Waals surface area (Å²) in [5.74, 6) is -1.27. The van der Waals surface area contributed by atoms with Gasteiger partial charge < -0.3 is 15.1 Å². The highest BCUT2D eigenvalue weighted by molar-refractivity contribution is 6.06. The lowest BCUT2D eigenvalue weighted by atomic mass is 9.96. The maximum Gasteiger partial charge on any atom is 0.336 e. The summed E-state index contributed by atoms with van der Waals surface area (Å²) in [7, 11) is 0. The molecule has 0 aliphatic carbocycles. The van der Waals surface area contributed by atoms with Gasteiger partial charge in [-0.25, -0.2) is 4.79 Å². The summed E-state index contributed by atoms with van der Waals surface area (Å²) in [6, 6.07) is 3.50. The molecule has 5 heteroatoms.